The van der Waals surface area contributed by atoms with Gasteiger partial charge < -0.3 is 15.3 Å². The summed E-state index contributed by atoms with van der Waals surface area (Å²) >= 11 is 0. The summed E-state index contributed by atoms with van der Waals surface area (Å²) in [6.07, 6.45) is 2.22. The van der Waals surface area contributed by atoms with Crippen molar-refractivity contribution in [2.75, 3.05) is 0 Å². The van der Waals surface area contributed by atoms with E-state index in [1.165, 1.54) is 6.92 Å². The summed E-state index contributed by atoms with van der Waals surface area (Å²) < 4.78 is 0. The molecule has 0 fully saturated rings. The Bertz CT molecular complexity index is 110. The van der Waals surface area contributed by atoms with Gasteiger partial charge in [0.15, 0.2) is 0 Å². The Kier molecular flexibility index (Phi) is 2.84. The Hall–Kier alpha value is -0.380. The van der Waals surface area contributed by atoms with Gasteiger partial charge in [0.1, 0.15) is 0 Å². The summed E-state index contributed by atoms with van der Waals surface area (Å²) in [6, 6.07) is 0. The fourth-order valence-electron chi connectivity index (χ4n) is 0.443. The molecule has 0 aliphatic rings. The standard InChI is InChI=1S/C6H12O3/c1-3-4-5(2)6(7,8)9/h4,7-9H,3H2,1-2H3. The summed E-state index contributed by atoms with van der Waals surface area (Å²) in [4.78, 5) is 0. The molecule has 3 N–H and O–H groups in total. The molecule has 3 nitrogen and oxygen atoms in total. The average molecular weight is 132 g/mol. The maximum atomic E-state index is 8.46. The first kappa shape index (κ1) is 8.62. The first-order chi connectivity index (χ1) is 3.98. The summed E-state index contributed by atoms with van der Waals surface area (Å²) in [7, 11) is 0. The Morgan fingerprint density at radius 3 is 2.00 bits per heavy atom. The number of rotatable bonds is 2. The molecule has 0 spiro atoms. The van der Waals surface area contributed by atoms with Crippen LogP contribution in [0.4, 0.5) is 0 Å². The Morgan fingerprint density at radius 2 is 1.89 bits per heavy atom. The molecule has 0 atom stereocenters. The van der Waals surface area contributed by atoms with Crippen LogP contribution in [0.15, 0.2) is 11.6 Å². The van der Waals surface area contributed by atoms with Crippen LogP contribution in [0.3, 0.4) is 0 Å². The minimum atomic E-state index is -2.63. The van der Waals surface area contributed by atoms with E-state index in [1.807, 2.05) is 6.92 Å². The van der Waals surface area contributed by atoms with Crippen molar-refractivity contribution in [3.63, 3.8) is 0 Å². The summed E-state index contributed by atoms with van der Waals surface area (Å²) in [5.74, 6) is -2.63. The van der Waals surface area contributed by atoms with Crippen LogP contribution >= 0.6 is 0 Å². The van der Waals surface area contributed by atoms with Crippen molar-refractivity contribution < 1.29 is 15.3 Å². The second-order valence-corrected chi connectivity index (χ2v) is 1.93. The zero-order chi connectivity index (χ0) is 7.49. The van der Waals surface area contributed by atoms with E-state index in [-0.39, 0.29) is 5.57 Å². The van der Waals surface area contributed by atoms with Crippen LogP contribution in [0, 0.1) is 0 Å². The minimum Gasteiger partial charge on any atom is -0.340 e. The molecular formula is C6H12O3. The molecule has 0 aliphatic heterocycles. The van der Waals surface area contributed by atoms with E-state index in [0.717, 1.165) is 0 Å². The van der Waals surface area contributed by atoms with Crippen LogP contribution in [-0.2, 0) is 0 Å². The number of aliphatic hydroxyl groups is 3. The van der Waals surface area contributed by atoms with Gasteiger partial charge in [-0.3, -0.25) is 0 Å². The molecule has 0 saturated carbocycles. The zero-order valence-electron chi connectivity index (χ0n) is 5.63. The molecule has 0 aromatic heterocycles. The van der Waals surface area contributed by atoms with E-state index in [1.54, 1.807) is 6.08 Å². The van der Waals surface area contributed by atoms with Crippen molar-refractivity contribution in [3.05, 3.63) is 11.6 Å². The quantitative estimate of drug-likeness (QED) is 0.365. The molecule has 0 heterocycles. The van der Waals surface area contributed by atoms with Gasteiger partial charge in [-0.05, 0) is 13.3 Å². The molecule has 3 heteroatoms. The van der Waals surface area contributed by atoms with Crippen molar-refractivity contribution in [2.24, 2.45) is 0 Å². The summed E-state index contributed by atoms with van der Waals surface area (Å²) in [5, 5.41) is 25.4. The molecule has 0 aromatic carbocycles. The normalized spacial score (nSPS) is 14.1. The Balaban J connectivity index is 4.03. The molecule has 0 bridgehead atoms. The highest BCUT2D eigenvalue weighted by molar-refractivity contribution is 5.03. The van der Waals surface area contributed by atoms with Gasteiger partial charge in [0.2, 0.25) is 0 Å². The first-order valence-corrected chi connectivity index (χ1v) is 2.82. The van der Waals surface area contributed by atoms with Gasteiger partial charge in [0.05, 0.1) is 0 Å². The first-order valence-electron chi connectivity index (χ1n) is 2.82. The summed E-state index contributed by atoms with van der Waals surface area (Å²) in [6.45, 7) is 3.29. The molecule has 54 valence electrons. The van der Waals surface area contributed by atoms with Crippen molar-refractivity contribution in [3.8, 4) is 0 Å². The van der Waals surface area contributed by atoms with Gasteiger partial charge >= 0.3 is 0 Å². The average Bonchev–Trinajstić information content (AvgIpc) is 1.64. The van der Waals surface area contributed by atoms with Crippen LogP contribution in [0.2, 0.25) is 0 Å². The van der Waals surface area contributed by atoms with E-state index in [0.29, 0.717) is 6.42 Å². The molecule has 0 saturated heterocycles. The smallest absolute Gasteiger partial charge is 0.299 e. The highest BCUT2D eigenvalue weighted by Crippen LogP contribution is 2.08. The molecule has 0 aliphatic carbocycles. The van der Waals surface area contributed by atoms with Crippen molar-refractivity contribution in [2.45, 2.75) is 26.2 Å². The van der Waals surface area contributed by atoms with Crippen LogP contribution in [0.1, 0.15) is 20.3 Å². The minimum absolute atomic E-state index is 0.157. The lowest BCUT2D eigenvalue weighted by Gasteiger charge is -2.13. The molecule has 0 rings (SSSR count). The zero-order valence-corrected chi connectivity index (χ0v) is 5.63. The highest BCUT2D eigenvalue weighted by atomic mass is 16.7. The van der Waals surface area contributed by atoms with Crippen LogP contribution in [0.25, 0.3) is 0 Å². The number of hydrogen-bond donors (Lipinski definition) is 3. The van der Waals surface area contributed by atoms with Gasteiger partial charge in [0.25, 0.3) is 5.97 Å². The van der Waals surface area contributed by atoms with Gasteiger partial charge in [-0.2, -0.15) is 0 Å². The molecule has 0 amide bonds. The topological polar surface area (TPSA) is 60.7 Å². The van der Waals surface area contributed by atoms with Crippen molar-refractivity contribution >= 4 is 0 Å². The third kappa shape index (κ3) is 3.24. The van der Waals surface area contributed by atoms with Gasteiger partial charge in [0, 0.05) is 5.57 Å². The number of allylic oxidation sites excluding steroid dienone is 1. The monoisotopic (exact) mass is 132 g/mol. The third-order valence-electron chi connectivity index (χ3n) is 1.04. The van der Waals surface area contributed by atoms with E-state index in [4.69, 9.17) is 15.3 Å². The predicted molar refractivity (Wildman–Crippen MR) is 33.4 cm³/mol. The Labute approximate surface area is 54.3 Å². The van der Waals surface area contributed by atoms with Crippen LogP contribution in [0.5, 0.6) is 0 Å². The van der Waals surface area contributed by atoms with Gasteiger partial charge in [-0.1, -0.05) is 13.0 Å². The fraction of sp³-hybridized carbons (Fsp3) is 0.667. The lowest BCUT2D eigenvalue weighted by atomic mass is 10.2. The van der Waals surface area contributed by atoms with E-state index < -0.39 is 5.97 Å². The SMILES string of the molecule is CCC=C(C)C(O)(O)O. The van der Waals surface area contributed by atoms with Crippen molar-refractivity contribution in [1.29, 1.82) is 0 Å². The van der Waals surface area contributed by atoms with Gasteiger partial charge in [-0.25, -0.2) is 0 Å². The highest BCUT2D eigenvalue weighted by Gasteiger charge is 2.19. The lowest BCUT2D eigenvalue weighted by Crippen LogP contribution is -2.28. The van der Waals surface area contributed by atoms with Crippen molar-refractivity contribution in [1.82, 2.24) is 0 Å². The predicted octanol–water partition coefficient (Wildman–Crippen LogP) is -0.0266. The molecule has 0 radical (unpaired) electrons. The largest absolute Gasteiger partial charge is 0.340 e. The second-order valence-electron chi connectivity index (χ2n) is 1.93. The van der Waals surface area contributed by atoms with E-state index in [2.05, 4.69) is 0 Å². The molecule has 0 aromatic rings. The fourth-order valence-corrected chi connectivity index (χ4v) is 0.443. The van der Waals surface area contributed by atoms with E-state index in [9.17, 15) is 0 Å². The lowest BCUT2D eigenvalue weighted by molar-refractivity contribution is -0.281. The van der Waals surface area contributed by atoms with E-state index >= 15 is 0 Å². The Morgan fingerprint density at radius 1 is 1.44 bits per heavy atom. The van der Waals surface area contributed by atoms with Gasteiger partial charge in [-0.15, -0.1) is 0 Å². The third-order valence-corrected chi connectivity index (χ3v) is 1.04. The summed E-state index contributed by atoms with van der Waals surface area (Å²) in [5.41, 5.74) is 0.157. The number of hydrogen-bond acceptors (Lipinski definition) is 3. The van der Waals surface area contributed by atoms with Crippen LogP contribution < -0.4 is 0 Å². The second kappa shape index (κ2) is 2.96. The maximum Gasteiger partial charge on any atom is 0.299 e. The van der Waals surface area contributed by atoms with Crippen LogP contribution in [-0.4, -0.2) is 21.3 Å². The maximum absolute atomic E-state index is 8.46. The molecular weight excluding hydrogens is 120 g/mol. The molecule has 9 heavy (non-hydrogen) atoms. The molecule has 0 unspecified atom stereocenters.